The van der Waals surface area contributed by atoms with Crippen LogP contribution in [0.1, 0.15) is 11.5 Å². The molecule has 9 nitrogen and oxygen atoms in total. The van der Waals surface area contributed by atoms with Crippen molar-refractivity contribution >= 4 is 21.1 Å². The Kier molecular flexibility index (Phi) is 4.13. The molecule has 0 aliphatic carbocycles. The Labute approximate surface area is 153 Å². The number of aryl methyl sites for hydroxylation is 1. The maximum Gasteiger partial charge on any atom is 0.417 e. The molecule has 0 spiro atoms. The first-order valence-electron chi connectivity index (χ1n) is 7.93. The summed E-state index contributed by atoms with van der Waals surface area (Å²) in [6.07, 6.45) is 0. The van der Waals surface area contributed by atoms with E-state index in [1.165, 1.54) is 18.2 Å². The fraction of sp³-hybridized carbons (Fsp3) is 0.118. The van der Waals surface area contributed by atoms with Crippen molar-refractivity contribution in [2.75, 3.05) is 0 Å². The molecule has 0 unspecified atom stereocenters. The highest BCUT2D eigenvalue weighted by Gasteiger charge is 2.18. The van der Waals surface area contributed by atoms with Crippen molar-refractivity contribution in [2.45, 2.75) is 18.4 Å². The number of aromatic amines is 1. The van der Waals surface area contributed by atoms with Crippen LogP contribution in [0.2, 0.25) is 0 Å². The molecular formula is C17H14N4O5S. The third-order valence-corrected chi connectivity index (χ3v) is 5.29. The molecule has 0 aliphatic rings. The molecule has 4 aromatic rings. The van der Waals surface area contributed by atoms with E-state index in [0.29, 0.717) is 11.3 Å². The van der Waals surface area contributed by atoms with E-state index in [0.717, 1.165) is 11.1 Å². The molecule has 0 saturated carbocycles. The highest BCUT2D eigenvalue weighted by Crippen LogP contribution is 2.18. The zero-order valence-corrected chi connectivity index (χ0v) is 14.9. The van der Waals surface area contributed by atoms with Gasteiger partial charge >= 0.3 is 5.76 Å². The maximum absolute atomic E-state index is 12.4. The Morgan fingerprint density at radius 2 is 1.93 bits per heavy atom. The van der Waals surface area contributed by atoms with Crippen LogP contribution in [-0.2, 0) is 16.6 Å². The highest BCUT2D eigenvalue weighted by molar-refractivity contribution is 7.89. The van der Waals surface area contributed by atoms with Crippen LogP contribution >= 0.6 is 0 Å². The first-order valence-corrected chi connectivity index (χ1v) is 9.41. The summed E-state index contributed by atoms with van der Waals surface area (Å²) in [5.41, 5.74) is 2.44. The zero-order valence-electron chi connectivity index (χ0n) is 14.1. The second-order valence-electron chi connectivity index (χ2n) is 5.87. The Morgan fingerprint density at radius 1 is 1.15 bits per heavy atom. The monoisotopic (exact) mass is 386 g/mol. The summed E-state index contributed by atoms with van der Waals surface area (Å²) < 4.78 is 37.2. The molecule has 2 N–H and O–H groups in total. The van der Waals surface area contributed by atoms with Crippen molar-refractivity contribution in [3.63, 3.8) is 0 Å². The third kappa shape index (κ3) is 3.52. The molecule has 0 saturated heterocycles. The lowest BCUT2D eigenvalue weighted by atomic mass is 10.1. The number of sulfonamides is 1. The molecule has 0 amide bonds. The van der Waals surface area contributed by atoms with Crippen LogP contribution < -0.4 is 10.5 Å². The fourth-order valence-corrected chi connectivity index (χ4v) is 3.47. The van der Waals surface area contributed by atoms with E-state index in [9.17, 15) is 13.2 Å². The molecule has 0 atom stereocenters. The summed E-state index contributed by atoms with van der Waals surface area (Å²) >= 11 is 0. The van der Waals surface area contributed by atoms with E-state index in [1.807, 2.05) is 31.2 Å². The summed E-state index contributed by atoms with van der Waals surface area (Å²) in [6.45, 7) is 1.80. The van der Waals surface area contributed by atoms with E-state index in [1.54, 1.807) is 0 Å². The topological polar surface area (TPSA) is 131 Å². The van der Waals surface area contributed by atoms with Crippen LogP contribution in [0.4, 0.5) is 0 Å². The van der Waals surface area contributed by atoms with Crippen LogP contribution in [-0.4, -0.2) is 23.5 Å². The molecule has 10 heteroatoms. The molecule has 138 valence electrons. The average Bonchev–Trinajstić information content (AvgIpc) is 3.25. The molecule has 2 aromatic heterocycles. The van der Waals surface area contributed by atoms with Gasteiger partial charge in [-0.15, -0.1) is 0 Å². The van der Waals surface area contributed by atoms with Gasteiger partial charge in [0.15, 0.2) is 5.58 Å². The summed E-state index contributed by atoms with van der Waals surface area (Å²) in [5, 5.41) is 3.86. The SMILES string of the molecule is Cc1ccc(-c2noc(CNS(=O)(=O)c3ccc4[nH]c(=O)oc4c3)n2)cc1. The Bertz CT molecular complexity index is 1270. The van der Waals surface area contributed by atoms with Gasteiger partial charge in [-0.3, -0.25) is 4.98 Å². The Morgan fingerprint density at radius 3 is 2.70 bits per heavy atom. The lowest BCUT2D eigenvalue weighted by molar-refractivity contribution is 0.376. The van der Waals surface area contributed by atoms with Crippen molar-refractivity contribution in [1.82, 2.24) is 19.8 Å². The van der Waals surface area contributed by atoms with Gasteiger partial charge in [0.05, 0.1) is 17.0 Å². The second kappa shape index (κ2) is 6.49. The van der Waals surface area contributed by atoms with Gasteiger partial charge in [-0.25, -0.2) is 17.9 Å². The number of rotatable bonds is 5. The number of fused-ring (bicyclic) bond motifs is 1. The number of aromatic nitrogens is 3. The van der Waals surface area contributed by atoms with Gasteiger partial charge in [0, 0.05) is 11.6 Å². The summed E-state index contributed by atoms with van der Waals surface area (Å²) in [6, 6.07) is 11.6. The van der Waals surface area contributed by atoms with Crippen LogP contribution in [0.25, 0.3) is 22.5 Å². The number of H-pyrrole nitrogens is 1. The van der Waals surface area contributed by atoms with Gasteiger partial charge in [0.25, 0.3) is 0 Å². The molecule has 27 heavy (non-hydrogen) atoms. The molecule has 2 heterocycles. The summed E-state index contributed by atoms with van der Waals surface area (Å²) in [4.78, 5) is 17.8. The van der Waals surface area contributed by atoms with Crippen LogP contribution in [0.5, 0.6) is 0 Å². The molecule has 2 aromatic carbocycles. The minimum atomic E-state index is -3.86. The first-order chi connectivity index (χ1) is 12.9. The van der Waals surface area contributed by atoms with Crippen LogP contribution in [0.3, 0.4) is 0 Å². The van der Waals surface area contributed by atoms with Crippen molar-refractivity contribution in [2.24, 2.45) is 0 Å². The third-order valence-electron chi connectivity index (χ3n) is 3.89. The number of hydrogen-bond donors (Lipinski definition) is 2. The minimum absolute atomic E-state index is 0.0453. The number of nitrogens with one attached hydrogen (secondary N) is 2. The van der Waals surface area contributed by atoms with Gasteiger partial charge in [0.1, 0.15) is 0 Å². The van der Waals surface area contributed by atoms with Gasteiger partial charge in [-0.1, -0.05) is 35.0 Å². The van der Waals surface area contributed by atoms with E-state index in [-0.39, 0.29) is 22.9 Å². The van der Waals surface area contributed by atoms with E-state index in [2.05, 4.69) is 19.8 Å². The molecule has 0 bridgehead atoms. The predicted molar refractivity (Wildman–Crippen MR) is 95.3 cm³/mol. The van der Waals surface area contributed by atoms with Crippen molar-refractivity contribution < 1.29 is 17.4 Å². The number of benzene rings is 2. The largest absolute Gasteiger partial charge is 0.417 e. The molecule has 0 aliphatic heterocycles. The van der Waals surface area contributed by atoms with Crippen molar-refractivity contribution in [3.05, 3.63) is 64.5 Å². The van der Waals surface area contributed by atoms with E-state index < -0.39 is 15.8 Å². The summed E-state index contributed by atoms with van der Waals surface area (Å²) in [7, 11) is -3.86. The van der Waals surface area contributed by atoms with E-state index in [4.69, 9.17) is 8.94 Å². The average molecular weight is 386 g/mol. The quantitative estimate of drug-likeness (QED) is 0.536. The van der Waals surface area contributed by atoms with Gasteiger partial charge in [-0.05, 0) is 19.1 Å². The smallest absolute Gasteiger partial charge is 0.408 e. The Hall–Kier alpha value is -3.24. The highest BCUT2D eigenvalue weighted by atomic mass is 32.2. The van der Waals surface area contributed by atoms with Gasteiger partial charge in [0.2, 0.25) is 21.7 Å². The van der Waals surface area contributed by atoms with Crippen LogP contribution in [0.15, 0.2) is 61.1 Å². The lowest BCUT2D eigenvalue weighted by Crippen LogP contribution is -2.23. The maximum atomic E-state index is 12.4. The van der Waals surface area contributed by atoms with Crippen molar-refractivity contribution in [1.29, 1.82) is 0 Å². The van der Waals surface area contributed by atoms with Gasteiger partial charge < -0.3 is 8.94 Å². The van der Waals surface area contributed by atoms with Gasteiger partial charge in [-0.2, -0.15) is 4.98 Å². The molecule has 0 fully saturated rings. The number of nitrogens with zero attached hydrogens (tertiary/aromatic N) is 2. The number of hydrogen-bond acceptors (Lipinski definition) is 7. The Balaban J connectivity index is 1.51. The lowest BCUT2D eigenvalue weighted by Gasteiger charge is -2.04. The van der Waals surface area contributed by atoms with Crippen LogP contribution in [0, 0.1) is 6.92 Å². The fourth-order valence-electron chi connectivity index (χ4n) is 2.48. The minimum Gasteiger partial charge on any atom is -0.408 e. The van der Waals surface area contributed by atoms with E-state index >= 15 is 0 Å². The molecule has 0 radical (unpaired) electrons. The van der Waals surface area contributed by atoms with Crippen molar-refractivity contribution in [3.8, 4) is 11.4 Å². The molecule has 4 rings (SSSR count). The second-order valence-corrected chi connectivity index (χ2v) is 7.64. The normalized spacial score (nSPS) is 11.9. The first kappa shape index (κ1) is 17.2. The predicted octanol–water partition coefficient (Wildman–Crippen LogP) is 1.96. The number of oxazole rings is 1. The molecular weight excluding hydrogens is 372 g/mol. The standard InChI is InChI=1S/C17H14N4O5S/c1-10-2-4-11(5-3-10)16-20-15(26-21-16)9-18-27(23,24)12-6-7-13-14(8-12)25-17(22)19-13/h2-8,18H,9H2,1H3,(H,19,22). The zero-order chi connectivity index (χ0) is 19.0. The summed E-state index contributed by atoms with van der Waals surface area (Å²) in [5.74, 6) is -0.148.